The van der Waals surface area contributed by atoms with Crippen LogP contribution in [0.3, 0.4) is 0 Å². The van der Waals surface area contributed by atoms with Crippen LogP contribution in [0.1, 0.15) is 11.3 Å². The summed E-state index contributed by atoms with van der Waals surface area (Å²) in [5.41, 5.74) is 1.92. The van der Waals surface area contributed by atoms with Crippen LogP contribution in [0.25, 0.3) is 0 Å². The summed E-state index contributed by atoms with van der Waals surface area (Å²) < 4.78 is 6.80. The van der Waals surface area contributed by atoms with Gasteiger partial charge < -0.3 is 20.1 Å². The van der Waals surface area contributed by atoms with Crippen LogP contribution in [0.5, 0.6) is 0 Å². The molecule has 110 valence electrons. The maximum atomic E-state index is 12.0. The Hall–Kier alpha value is -2.09. The van der Waals surface area contributed by atoms with E-state index in [1.807, 2.05) is 14.0 Å². The van der Waals surface area contributed by atoms with Gasteiger partial charge in [-0.05, 0) is 6.92 Å². The lowest BCUT2D eigenvalue weighted by molar-refractivity contribution is -0.154. The number of carbonyl (C=O) groups is 2. The van der Waals surface area contributed by atoms with Crippen LogP contribution in [-0.4, -0.2) is 57.6 Å². The third-order valence-electron chi connectivity index (χ3n) is 3.40. The second-order valence-electron chi connectivity index (χ2n) is 4.68. The maximum Gasteiger partial charge on any atom is 0.334 e. The maximum absolute atomic E-state index is 12.0. The summed E-state index contributed by atoms with van der Waals surface area (Å²) in [6.45, 7) is 2.97. The zero-order chi connectivity index (χ0) is 14.7. The molecule has 0 bridgehead atoms. The molecule has 1 unspecified atom stereocenters. The van der Waals surface area contributed by atoms with Gasteiger partial charge in [0.1, 0.15) is 0 Å². The summed E-state index contributed by atoms with van der Waals surface area (Å²) in [6, 6.07) is -0.289. The molecular formula is C12H18N4O4. The van der Waals surface area contributed by atoms with Gasteiger partial charge in [0, 0.05) is 31.4 Å². The Kier molecular flexibility index (Phi) is 4.23. The zero-order valence-corrected chi connectivity index (χ0v) is 11.5. The third-order valence-corrected chi connectivity index (χ3v) is 3.40. The van der Waals surface area contributed by atoms with Crippen molar-refractivity contribution in [3.05, 3.63) is 17.5 Å². The average Bonchev–Trinajstić information content (AvgIpc) is 2.76. The van der Waals surface area contributed by atoms with Crippen LogP contribution < -0.4 is 5.32 Å². The van der Waals surface area contributed by atoms with E-state index in [2.05, 4.69) is 10.4 Å². The van der Waals surface area contributed by atoms with Crippen molar-refractivity contribution in [3.8, 4) is 0 Å². The highest BCUT2D eigenvalue weighted by molar-refractivity contribution is 5.77. The van der Waals surface area contributed by atoms with Gasteiger partial charge in [0.05, 0.1) is 19.3 Å². The van der Waals surface area contributed by atoms with Crippen molar-refractivity contribution in [3.63, 3.8) is 0 Å². The highest BCUT2D eigenvalue weighted by Gasteiger charge is 2.28. The normalized spacial score (nSPS) is 18.9. The number of amides is 2. The Balaban J connectivity index is 1.88. The summed E-state index contributed by atoms with van der Waals surface area (Å²) in [7, 11) is 1.83. The fraction of sp³-hybridized carbons (Fsp3) is 0.583. The number of nitrogens with zero attached hydrogens (tertiary/aromatic N) is 3. The number of urea groups is 1. The summed E-state index contributed by atoms with van der Waals surface area (Å²) in [4.78, 5) is 24.3. The van der Waals surface area contributed by atoms with E-state index in [1.54, 1.807) is 10.9 Å². The average molecular weight is 282 g/mol. The number of nitrogens with one attached hydrogen (secondary N) is 1. The first-order chi connectivity index (χ1) is 9.49. The molecule has 1 aromatic rings. The van der Waals surface area contributed by atoms with Crippen LogP contribution >= 0.6 is 0 Å². The number of aliphatic carboxylic acids is 1. The van der Waals surface area contributed by atoms with Crippen molar-refractivity contribution in [2.45, 2.75) is 19.6 Å². The van der Waals surface area contributed by atoms with Crippen molar-refractivity contribution in [1.82, 2.24) is 20.0 Å². The molecule has 1 atom stereocenters. The standard InChI is InChI=1S/C12H18N4O4/c1-8-9(6-14-15(8)2)5-13-12(19)16-3-4-20-10(7-16)11(17)18/h6,10H,3-5,7H2,1-2H3,(H,13,19)(H,17,18). The molecule has 1 fully saturated rings. The van der Waals surface area contributed by atoms with Crippen molar-refractivity contribution in [2.24, 2.45) is 7.05 Å². The van der Waals surface area contributed by atoms with Gasteiger partial charge in [-0.25, -0.2) is 9.59 Å². The molecule has 2 amide bonds. The predicted molar refractivity (Wildman–Crippen MR) is 69.1 cm³/mol. The highest BCUT2D eigenvalue weighted by atomic mass is 16.5. The SMILES string of the molecule is Cc1c(CNC(=O)N2CCOC(C(=O)O)C2)cnn1C. The molecule has 1 aromatic heterocycles. The third kappa shape index (κ3) is 3.08. The number of ether oxygens (including phenoxy) is 1. The minimum Gasteiger partial charge on any atom is -0.479 e. The molecule has 0 radical (unpaired) electrons. The lowest BCUT2D eigenvalue weighted by Gasteiger charge is -2.30. The number of aryl methyl sites for hydroxylation is 1. The molecule has 2 N–H and O–H groups in total. The Bertz CT molecular complexity index is 514. The van der Waals surface area contributed by atoms with E-state index in [9.17, 15) is 9.59 Å². The van der Waals surface area contributed by atoms with E-state index in [0.717, 1.165) is 11.3 Å². The van der Waals surface area contributed by atoms with E-state index in [4.69, 9.17) is 9.84 Å². The molecule has 2 heterocycles. The van der Waals surface area contributed by atoms with Gasteiger partial charge in [0.2, 0.25) is 0 Å². The molecule has 8 nitrogen and oxygen atoms in total. The lowest BCUT2D eigenvalue weighted by atomic mass is 10.2. The Morgan fingerprint density at radius 1 is 1.60 bits per heavy atom. The molecule has 2 rings (SSSR count). The molecule has 0 spiro atoms. The molecular weight excluding hydrogens is 264 g/mol. The van der Waals surface area contributed by atoms with Crippen LogP contribution in [0.15, 0.2) is 6.20 Å². The number of rotatable bonds is 3. The minimum atomic E-state index is -1.05. The topological polar surface area (TPSA) is 96.7 Å². The Morgan fingerprint density at radius 2 is 2.35 bits per heavy atom. The largest absolute Gasteiger partial charge is 0.479 e. The van der Waals surface area contributed by atoms with E-state index in [0.29, 0.717) is 13.1 Å². The molecule has 0 aromatic carbocycles. The van der Waals surface area contributed by atoms with E-state index >= 15 is 0 Å². The first kappa shape index (κ1) is 14.3. The lowest BCUT2D eigenvalue weighted by Crippen LogP contribution is -2.51. The van der Waals surface area contributed by atoms with Crippen LogP contribution in [0.4, 0.5) is 4.79 Å². The van der Waals surface area contributed by atoms with Gasteiger partial charge in [-0.15, -0.1) is 0 Å². The molecule has 0 aliphatic carbocycles. The van der Waals surface area contributed by atoms with Gasteiger partial charge in [-0.3, -0.25) is 4.68 Å². The smallest absolute Gasteiger partial charge is 0.334 e. The Morgan fingerprint density at radius 3 is 2.95 bits per heavy atom. The van der Waals surface area contributed by atoms with Gasteiger partial charge in [0.25, 0.3) is 0 Å². The van der Waals surface area contributed by atoms with Gasteiger partial charge in [-0.2, -0.15) is 5.10 Å². The van der Waals surface area contributed by atoms with Gasteiger partial charge >= 0.3 is 12.0 Å². The number of carboxylic acid groups (broad SMARTS) is 1. The van der Waals surface area contributed by atoms with Crippen LogP contribution in [0, 0.1) is 6.92 Å². The monoisotopic (exact) mass is 282 g/mol. The first-order valence-electron chi connectivity index (χ1n) is 6.33. The second kappa shape index (κ2) is 5.91. The van der Waals surface area contributed by atoms with Gasteiger partial charge in [-0.1, -0.05) is 0 Å². The van der Waals surface area contributed by atoms with E-state index in [-0.39, 0.29) is 19.2 Å². The zero-order valence-electron chi connectivity index (χ0n) is 11.5. The fourth-order valence-electron chi connectivity index (χ4n) is 1.98. The minimum absolute atomic E-state index is 0.0627. The summed E-state index contributed by atoms with van der Waals surface area (Å²) >= 11 is 0. The highest BCUT2D eigenvalue weighted by Crippen LogP contribution is 2.08. The van der Waals surface area contributed by atoms with Crippen molar-refractivity contribution in [2.75, 3.05) is 19.7 Å². The molecule has 1 aliphatic heterocycles. The van der Waals surface area contributed by atoms with Crippen LogP contribution in [-0.2, 0) is 23.1 Å². The quantitative estimate of drug-likeness (QED) is 0.795. The van der Waals surface area contributed by atoms with Crippen molar-refractivity contribution < 1.29 is 19.4 Å². The summed E-state index contributed by atoms with van der Waals surface area (Å²) in [6.07, 6.45) is 0.754. The van der Waals surface area contributed by atoms with Gasteiger partial charge in [0.15, 0.2) is 6.10 Å². The fourth-order valence-corrected chi connectivity index (χ4v) is 1.98. The molecule has 1 saturated heterocycles. The van der Waals surface area contributed by atoms with Crippen molar-refractivity contribution in [1.29, 1.82) is 0 Å². The summed E-state index contributed by atoms with van der Waals surface area (Å²) in [5, 5.41) is 15.8. The number of hydrogen-bond acceptors (Lipinski definition) is 4. The summed E-state index contributed by atoms with van der Waals surface area (Å²) in [5.74, 6) is -1.05. The number of hydrogen-bond donors (Lipinski definition) is 2. The predicted octanol–water partition coefficient (Wildman–Crippen LogP) is -0.276. The molecule has 8 heteroatoms. The Labute approximate surface area is 116 Å². The van der Waals surface area contributed by atoms with E-state index in [1.165, 1.54) is 4.90 Å². The molecule has 1 aliphatic rings. The number of morpholine rings is 1. The number of carbonyl (C=O) groups excluding carboxylic acids is 1. The second-order valence-corrected chi connectivity index (χ2v) is 4.68. The molecule has 0 saturated carbocycles. The number of carboxylic acids is 1. The van der Waals surface area contributed by atoms with E-state index < -0.39 is 12.1 Å². The number of aromatic nitrogens is 2. The van der Waals surface area contributed by atoms with Crippen LogP contribution in [0.2, 0.25) is 0 Å². The molecule has 20 heavy (non-hydrogen) atoms. The first-order valence-corrected chi connectivity index (χ1v) is 6.33. The van der Waals surface area contributed by atoms with Crippen molar-refractivity contribution >= 4 is 12.0 Å².